The van der Waals surface area contributed by atoms with Crippen molar-refractivity contribution in [2.24, 2.45) is 0 Å². The lowest BCUT2D eigenvalue weighted by atomic mass is 9.84. The van der Waals surface area contributed by atoms with Gasteiger partial charge in [-0.2, -0.15) is 4.98 Å². The van der Waals surface area contributed by atoms with Crippen molar-refractivity contribution in [2.45, 2.75) is 24.1 Å². The van der Waals surface area contributed by atoms with Gasteiger partial charge < -0.3 is 9.84 Å². The highest BCUT2D eigenvalue weighted by molar-refractivity contribution is 9.09. The smallest absolute Gasteiger partial charge is 0.250 e. The molecule has 1 N–H and O–H groups in total. The van der Waals surface area contributed by atoms with E-state index >= 15 is 0 Å². The largest absolute Gasteiger partial charge is 0.349 e. The molecule has 0 saturated carbocycles. The molecule has 3 aromatic carbocycles. The van der Waals surface area contributed by atoms with E-state index in [0.717, 1.165) is 22.6 Å². The van der Waals surface area contributed by atoms with Crippen LogP contribution in [0.4, 0.5) is 5.13 Å². The molecule has 1 atom stereocenters. The van der Waals surface area contributed by atoms with E-state index < -0.39 is 4.75 Å². The first-order valence-corrected chi connectivity index (χ1v) is 15.1. The monoisotopic (exact) mass is 590 g/mol. The fraction of sp³-hybridized carbons (Fsp3) is 0.207. The van der Waals surface area contributed by atoms with E-state index in [9.17, 15) is 0 Å². The third kappa shape index (κ3) is 5.81. The molecule has 0 aliphatic rings. The van der Waals surface area contributed by atoms with Crippen LogP contribution in [0.3, 0.4) is 0 Å². The summed E-state index contributed by atoms with van der Waals surface area (Å²) >= 11 is 6.96. The van der Waals surface area contributed by atoms with E-state index in [1.165, 1.54) is 16.7 Å². The number of thioether (sulfide) groups is 1. The Kier molecular flexibility index (Phi) is 8.38. The lowest BCUT2D eigenvalue weighted by Crippen LogP contribution is -2.28. The summed E-state index contributed by atoms with van der Waals surface area (Å²) in [6.07, 6.45) is 0.885. The van der Waals surface area contributed by atoms with Crippen molar-refractivity contribution < 1.29 is 4.52 Å². The average molecular weight is 592 g/mol. The van der Waals surface area contributed by atoms with E-state index in [-0.39, 0.29) is 6.04 Å². The van der Waals surface area contributed by atoms with Crippen molar-refractivity contribution in [3.63, 3.8) is 0 Å². The second-order valence-corrected chi connectivity index (χ2v) is 11.4. The Morgan fingerprint density at radius 3 is 1.95 bits per heavy atom. The Morgan fingerprint density at radius 2 is 1.46 bits per heavy atom. The van der Waals surface area contributed by atoms with Crippen molar-refractivity contribution >= 4 is 44.2 Å². The van der Waals surface area contributed by atoms with Gasteiger partial charge in [0.15, 0.2) is 11.0 Å². The molecule has 5 aromatic rings. The van der Waals surface area contributed by atoms with Crippen LogP contribution in [-0.4, -0.2) is 26.2 Å². The van der Waals surface area contributed by atoms with Crippen molar-refractivity contribution in [1.82, 2.24) is 15.1 Å². The number of anilines is 1. The van der Waals surface area contributed by atoms with Crippen molar-refractivity contribution in [3.8, 4) is 0 Å². The Labute approximate surface area is 233 Å². The van der Waals surface area contributed by atoms with Gasteiger partial charge in [0, 0.05) is 22.9 Å². The Balaban J connectivity index is 1.56. The molecule has 5 nitrogen and oxygen atoms in total. The minimum atomic E-state index is -0.442. The molecule has 0 fully saturated rings. The molecule has 5 rings (SSSR count). The van der Waals surface area contributed by atoms with E-state index in [1.54, 1.807) is 11.3 Å². The van der Waals surface area contributed by atoms with E-state index in [0.29, 0.717) is 17.5 Å². The summed E-state index contributed by atoms with van der Waals surface area (Å²) in [7, 11) is 0. The number of rotatable bonds is 11. The summed E-state index contributed by atoms with van der Waals surface area (Å²) in [5.41, 5.74) is 4.70. The van der Waals surface area contributed by atoms with Gasteiger partial charge in [0.1, 0.15) is 6.04 Å². The predicted octanol–water partition coefficient (Wildman–Crippen LogP) is 7.65. The molecule has 0 radical (unpaired) electrons. The molecule has 0 spiro atoms. The lowest BCUT2D eigenvalue weighted by molar-refractivity contribution is 0.365. The van der Waals surface area contributed by atoms with E-state index in [2.05, 4.69) is 128 Å². The molecule has 188 valence electrons. The summed E-state index contributed by atoms with van der Waals surface area (Å²) in [5.74, 6) is 1.85. The van der Waals surface area contributed by atoms with Crippen LogP contribution in [0.25, 0.3) is 0 Å². The topological polar surface area (TPSA) is 63.8 Å². The van der Waals surface area contributed by atoms with Crippen LogP contribution >= 0.6 is 39.0 Å². The maximum Gasteiger partial charge on any atom is 0.250 e. The van der Waals surface area contributed by atoms with Crippen LogP contribution in [0.1, 0.15) is 40.1 Å². The van der Waals surface area contributed by atoms with Crippen molar-refractivity contribution in [2.75, 3.05) is 16.4 Å². The predicted molar refractivity (Wildman–Crippen MR) is 157 cm³/mol. The van der Waals surface area contributed by atoms with E-state index in [1.807, 2.05) is 18.7 Å². The lowest BCUT2D eigenvalue weighted by Gasteiger charge is -2.36. The van der Waals surface area contributed by atoms with Gasteiger partial charge in [-0.05, 0) is 23.6 Å². The van der Waals surface area contributed by atoms with Crippen LogP contribution in [-0.2, 0) is 11.2 Å². The maximum absolute atomic E-state index is 5.67. The zero-order chi connectivity index (χ0) is 25.5. The number of benzene rings is 3. The molecule has 0 aliphatic heterocycles. The molecular weight excluding hydrogens is 564 g/mol. The quantitative estimate of drug-likeness (QED) is 0.126. The van der Waals surface area contributed by atoms with Crippen LogP contribution in [0.5, 0.6) is 0 Å². The molecule has 0 aliphatic carbocycles. The first-order valence-electron chi connectivity index (χ1n) is 12.1. The van der Waals surface area contributed by atoms with E-state index in [4.69, 9.17) is 9.51 Å². The van der Waals surface area contributed by atoms with Crippen LogP contribution < -0.4 is 5.32 Å². The average Bonchev–Trinajstić information content (AvgIpc) is 3.59. The van der Waals surface area contributed by atoms with Crippen molar-refractivity contribution in [1.29, 1.82) is 0 Å². The number of thiazole rings is 1. The van der Waals surface area contributed by atoms with Gasteiger partial charge in [-0.15, -0.1) is 23.1 Å². The summed E-state index contributed by atoms with van der Waals surface area (Å²) < 4.78 is 5.23. The third-order valence-corrected chi connectivity index (χ3v) is 8.91. The highest BCUT2D eigenvalue weighted by Crippen LogP contribution is 2.49. The number of halogens is 1. The molecule has 0 bridgehead atoms. The number of hydrogen-bond acceptors (Lipinski definition) is 7. The van der Waals surface area contributed by atoms with Gasteiger partial charge in [-0.25, -0.2) is 4.98 Å². The van der Waals surface area contributed by atoms with Crippen molar-refractivity contribution in [3.05, 3.63) is 130 Å². The molecular formula is C29H27BrN4OS2. The molecule has 0 saturated heterocycles. The molecule has 2 aromatic heterocycles. The molecule has 37 heavy (non-hydrogen) atoms. The van der Waals surface area contributed by atoms with Crippen LogP contribution in [0, 0.1) is 6.92 Å². The second-order valence-electron chi connectivity index (χ2n) is 8.55. The van der Waals surface area contributed by atoms with Gasteiger partial charge in [-0.1, -0.05) is 112 Å². The highest BCUT2D eigenvalue weighted by atomic mass is 79.9. The van der Waals surface area contributed by atoms with Crippen LogP contribution in [0.15, 0.2) is 101 Å². The zero-order valence-electron chi connectivity index (χ0n) is 20.4. The van der Waals surface area contributed by atoms with Gasteiger partial charge in [0.05, 0.1) is 10.4 Å². The molecule has 2 heterocycles. The number of nitrogens with zero attached hydrogens (tertiary/aromatic N) is 3. The summed E-state index contributed by atoms with van der Waals surface area (Å²) in [6.45, 7) is 1.84. The zero-order valence-corrected chi connectivity index (χ0v) is 23.6. The molecule has 0 unspecified atom stereocenters. The summed E-state index contributed by atoms with van der Waals surface area (Å²) in [5, 5.41) is 11.5. The minimum Gasteiger partial charge on any atom is -0.349 e. The summed E-state index contributed by atoms with van der Waals surface area (Å²) in [4.78, 5) is 9.35. The number of aromatic nitrogens is 3. The van der Waals surface area contributed by atoms with Gasteiger partial charge in [0.25, 0.3) is 0 Å². The van der Waals surface area contributed by atoms with Gasteiger partial charge in [-0.3, -0.25) is 0 Å². The Hall–Kier alpha value is -2.94. The second kappa shape index (κ2) is 12.1. The number of alkyl halides is 1. The fourth-order valence-electron chi connectivity index (χ4n) is 4.34. The Bertz CT molecular complexity index is 1300. The maximum atomic E-state index is 5.67. The first kappa shape index (κ1) is 25.7. The number of nitrogens with one attached hydrogen (secondary N) is 1. The fourth-order valence-corrected chi connectivity index (χ4v) is 7.10. The normalized spacial score (nSPS) is 12.4. The highest BCUT2D eigenvalue weighted by Gasteiger charge is 2.38. The van der Waals surface area contributed by atoms with Gasteiger partial charge in [0.2, 0.25) is 5.89 Å². The third-order valence-electron chi connectivity index (χ3n) is 6.05. The first-order chi connectivity index (χ1) is 18.2. The summed E-state index contributed by atoms with van der Waals surface area (Å²) in [6, 6.07) is 31.9. The number of aryl methyl sites for hydroxylation is 2. The molecule has 0 amide bonds. The van der Waals surface area contributed by atoms with Gasteiger partial charge >= 0.3 is 0 Å². The molecule has 8 heteroatoms. The number of hydrogen-bond donors (Lipinski definition) is 1. The standard InChI is InChI=1S/C29H27BrN4OS2/c1-21-31-27(35-34-21)26(33-28-32-25(17-18-30)19-36-28)20-37-29(22-11-5-2-6-12-22,23-13-7-3-8-14-23)24-15-9-4-10-16-24/h2-16,19,26H,17-18,20H2,1H3,(H,32,33)/t26-/m0/s1. The van der Waals surface area contributed by atoms with Crippen LogP contribution in [0.2, 0.25) is 0 Å². The Morgan fingerprint density at radius 1 is 0.892 bits per heavy atom. The minimum absolute atomic E-state index is 0.218. The SMILES string of the molecule is Cc1noc([C@H](CSC(c2ccccc2)(c2ccccc2)c2ccccc2)Nc2nc(CCBr)cs2)n1.